The first-order valence-electron chi connectivity index (χ1n) is 27.6. The highest BCUT2D eigenvalue weighted by Gasteiger charge is 2.43. The number of nitrogens with zero attached hydrogens (tertiary/aromatic N) is 7. The highest BCUT2D eigenvalue weighted by Crippen LogP contribution is 2.40. The summed E-state index contributed by atoms with van der Waals surface area (Å²) in [7, 11) is 0. The van der Waals surface area contributed by atoms with Crippen molar-refractivity contribution >= 4 is 47.5 Å². The van der Waals surface area contributed by atoms with Gasteiger partial charge >= 0.3 is 24.4 Å². The van der Waals surface area contributed by atoms with Gasteiger partial charge in [-0.1, -0.05) is 18.2 Å². The van der Waals surface area contributed by atoms with Crippen molar-refractivity contribution < 1.29 is 147 Å². The van der Waals surface area contributed by atoms with Gasteiger partial charge in [-0.05, 0) is 50.7 Å². The summed E-state index contributed by atoms with van der Waals surface area (Å²) in [5.41, 5.74) is -7.36. The molecule has 4 rings (SSSR count). The topological polar surface area (TPSA) is 653 Å². The Labute approximate surface area is 517 Å². The number of aliphatic hydroxyl groups excluding tert-OH is 15. The molecule has 0 aliphatic rings. The van der Waals surface area contributed by atoms with Crippen LogP contribution in [0.1, 0.15) is 38.5 Å². The lowest BCUT2D eigenvalue weighted by atomic mass is 9.81. The van der Waals surface area contributed by atoms with Crippen LogP contribution in [0.25, 0.3) is 0 Å². The smallest absolute Gasteiger partial charge is 0.413 e. The molecule has 514 valence electrons. The van der Waals surface area contributed by atoms with Gasteiger partial charge in [-0.2, -0.15) is 0 Å². The largest absolute Gasteiger partial charge is 0.503 e. The summed E-state index contributed by atoms with van der Waals surface area (Å²) >= 11 is 0. The number of carboxylic acid groups (broad SMARTS) is 4. The summed E-state index contributed by atoms with van der Waals surface area (Å²) in [4.78, 5) is 94.3. The highest BCUT2D eigenvalue weighted by atomic mass is 16.4. The first-order valence-corrected chi connectivity index (χ1v) is 27.6. The molecule has 4 amide bonds. The van der Waals surface area contributed by atoms with E-state index in [1.54, 1.807) is 0 Å². The van der Waals surface area contributed by atoms with E-state index < -0.39 is 269 Å². The summed E-state index contributed by atoms with van der Waals surface area (Å²) < 4.78 is 1.52. The second-order valence-electron chi connectivity index (χ2n) is 21.2. The zero-order valence-electron chi connectivity index (χ0n) is 48.3. The van der Waals surface area contributed by atoms with Gasteiger partial charge in [-0.3, -0.25) is 34.0 Å². The van der Waals surface area contributed by atoms with Gasteiger partial charge in [-0.15, -0.1) is 0 Å². The molecule has 0 aliphatic carbocycles. The van der Waals surface area contributed by atoms with Gasteiger partial charge < -0.3 is 141 Å². The SMILES string of the molecule is O=C(O)N(CCCC(CCCN(C(=O)O)c1c(O)c(=O)c(O)cn1CC(O)C(O)C(O)C(O)CO)(CCCN(C(=O)O)c1c(O)c(=O)c(O)cn1CC(O)C(O)C(O)C(O)CO)N(C(=O)O)c1ccccc1)c1c(O)c(=O)c(O)cn1CC(O)C(O)C(O)C(O)CO. The van der Waals surface area contributed by atoms with E-state index in [2.05, 4.69) is 0 Å². The van der Waals surface area contributed by atoms with Crippen LogP contribution in [0.2, 0.25) is 0 Å². The number of amides is 4. The number of aromatic hydroxyl groups is 6. The lowest BCUT2D eigenvalue weighted by Crippen LogP contribution is -2.53. The van der Waals surface area contributed by atoms with E-state index in [0.717, 1.165) is 0 Å². The van der Waals surface area contributed by atoms with E-state index in [-0.39, 0.29) is 20.4 Å². The molecule has 0 aliphatic heterocycles. The molecule has 12 unspecified atom stereocenters. The Morgan fingerprint density at radius 3 is 0.870 bits per heavy atom. The van der Waals surface area contributed by atoms with Crippen LogP contribution < -0.4 is 35.9 Å². The second kappa shape index (κ2) is 33.1. The number of aliphatic hydroxyl groups is 15. The number of rotatable bonds is 35. The molecule has 39 nitrogen and oxygen atoms in total. The molecule has 92 heavy (non-hydrogen) atoms. The number of hydrogen-bond acceptors (Lipinski definition) is 28. The molecule has 0 bridgehead atoms. The Kier molecular flexibility index (Phi) is 27.3. The third-order valence-corrected chi connectivity index (χ3v) is 15.0. The molecule has 0 spiro atoms. The fraction of sp³-hybridized carbons (Fsp3) is 0.528. The second-order valence-corrected chi connectivity index (χ2v) is 21.2. The van der Waals surface area contributed by atoms with Crippen molar-refractivity contribution in [3.8, 4) is 34.5 Å². The number of hydrogen-bond donors (Lipinski definition) is 25. The molecule has 0 saturated heterocycles. The van der Waals surface area contributed by atoms with Gasteiger partial charge in [-0.25, -0.2) is 19.2 Å². The van der Waals surface area contributed by atoms with Crippen LogP contribution in [-0.4, -0.2) is 284 Å². The first-order chi connectivity index (χ1) is 43.0. The van der Waals surface area contributed by atoms with Gasteiger partial charge in [0.05, 0.1) is 63.6 Å². The molecule has 3 heterocycles. The van der Waals surface area contributed by atoms with Crippen LogP contribution in [0, 0.1) is 0 Å². The number of pyridine rings is 3. The molecule has 4 aromatic rings. The normalized spacial score (nSPS) is 16.3. The number of carbonyl (C=O) groups is 4. The summed E-state index contributed by atoms with van der Waals surface area (Å²) in [6.07, 6.45) is -37.8. The van der Waals surface area contributed by atoms with Crippen LogP contribution in [-0.2, 0) is 19.6 Å². The van der Waals surface area contributed by atoms with E-state index in [4.69, 9.17) is 0 Å². The lowest BCUT2D eigenvalue weighted by molar-refractivity contribution is -0.117. The van der Waals surface area contributed by atoms with Crippen LogP contribution in [0.4, 0.5) is 42.3 Å². The third-order valence-electron chi connectivity index (χ3n) is 15.0. The molecule has 25 N–H and O–H groups in total. The van der Waals surface area contributed by atoms with Crippen molar-refractivity contribution in [2.45, 2.75) is 137 Å². The molecular weight excluding hydrogens is 1250 g/mol. The average Bonchev–Trinajstić information content (AvgIpc) is 0.895. The zero-order valence-corrected chi connectivity index (χ0v) is 48.3. The fourth-order valence-electron chi connectivity index (χ4n) is 10.2. The van der Waals surface area contributed by atoms with E-state index in [1.807, 2.05) is 0 Å². The van der Waals surface area contributed by atoms with Crippen LogP contribution in [0.5, 0.6) is 34.5 Å². The molecule has 3 aromatic heterocycles. The van der Waals surface area contributed by atoms with E-state index in [0.29, 0.717) is 37.2 Å². The molecule has 12 atom stereocenters. The molecule has 0 saturated carbocycles. The zero-order chi connectivity index (χ0) is 69.5. The van der Waals surface area contributed by atoms with Gasteiger partial charge in [0.1, 0.15) is 73.2 Å². The van der Waals surface area contributed by atoms with Crippen molar-refractivity contribution in [3.63, 3.8) is 0 Å². The van der Waals surface area contributed by atoms with Crippen LogP contribution >= 0.6 is 0 Å². The minimum Gasteiger partial charge on any atom is -0.503 e. The maximum absolute atomic E-state index is 14.0. The summed E-state index contributed by atoms with van der Waals surface area (Å²) in [6, 6.07) is 6.51. The Hall–Kier alpha value is -8.65. The highest BCUT2D eigenvalue weighted by molar-refractivity contribution is 5.89. The number of para-hydroxylation sites is 1. The summed E-state index contributed by atoms with van der Waals surface area (Å²) in [5.74, 6) is -11.7. The minimum absolute atomic E-state index is 0.217. The van der Waals surface area contributed by atoms with E-state index >= 15 is 0 Å². The average molecular weight is 1320 g/mol. The maximum Gasteiger partial charge on any atom is 0.413 e. The standard InChI is InChI=1S/C53H75N7O32/c61-21-31(70)40(79)34(73)25(64)15-54-18-28(67)37(76)43(82)46(54)57(49(85)86)12-4-9-53(60(52(91)92)24-7-2-1-3-8-24,10-5-13-58(50(87)88)47-44(83)38(77)29(68)19-55(47)16-26(65)35(74)41(80)32(71)22-62)11-6-14-59(51(89)90)48-45(84)39(78)30(69)20-56(48)17-27(66)36(75)42(81)33(72)23-63/h1-3,7-8,18-20,25-27,31-36,40-42,61-75,79-84H,4-6,9-17,21-23H2,(H,85,86)(H,87,88)(H,89,90)(H,91,92). The molecule has 0 radical (unpaired) electrons. The number of aromatic nitrogens is 3. The quantitative estimate of drug-likeness (QED) is 0.0204. The van der Waals surface area contributed by atoms with Crippen molar-refractivity contribution in [1.82, 2.24) is 13.7 Å². The monoisotopic (exact) mass is 1320 g/mol. The molecule has 39 heteroatoms. The van der Waals surface area contributed by atoms with Crippen molar-refractivity contribution in [2.24, 2.45) is 0 Å². The lowest BCUT2D eigenvalue weighted by Gasteiger charge is -2.44. The Bertz CT molecular complexity index is 3040. The van der Waals surface area contributed by atoms with E-state index in [1.165, 1.54) is 30.3 Å². The summed E-state index contributed by atoms with van der Waals surface area (Å²) in [5, 5.41) is 261. The Balaban J connectivity index is 1.99. The molecule has 0 fully saturated rings. The van der Waals surface area contributed by atoms with Crippen molar-refractivity contribution in [2.75, 3.05) is 59.1 Å². The molecule has 1 aromatic carbocycles. The van der Waals surface area contributed by atoms with Gasteiger partial charge in [0.15, 0.2) is 34.7 Å². The summed E-state index contributed by atoms with van der Waals surface area (Å²) in [6.45, 7) is -9.77. The van der Waals surface area contributed by atoms with Crippen LogP contribution in [0.15, 0.2) is 63.3 Å². The van der Waals surface area contributed by atoms with Gasteiger partial charge in [0.25, 0.3) is 16.3 Å². The third kappa shape index (κ3) is 17.7. The van der Waals surface area contributed by atoms with Crippen LogP contribution in [0.3, 0.4) is 0 Å². The fourth-order valence-corrected chi connectivity index (χ4v) is 10.2. The Morgan fingerprint density at radius 1 is 0.391 bits per heavy atom. The predicted molar refractivity (Wildman–Crippen MR) is 309 cm³/mol. The van der Waals surface area contributed by atoms with Crippen molar-refractivity contribution in [1.29, 1.82) is 0 Å². The number of anilines is 4. The maximum atomic E-state index is 14.0. The van der Waals surface area contributed by atoms with Gasteiger partial charge in [0, 0.05) is 25.3 Å². The predicted octanol–water partition coefficient (Wildman–Crippen LogP) is -6.17. The number of benzene rings is 1. The molecular formula is C53H75N7O32. The van der Waals surface area contributed by atoms with Gasteiger partial charge in [0.2, 0.25) is 17.2 Å². The van der Waals surface area contributed by atoms with E-state index in [9.17, 15) is 161 Å². The first kappa shape index (κ1) is 75.8. The minimum atomic E-state index is -2.37. The van der Waals surface area contributed by atoms with Crippen molar-refractivity contribution in [3.05, 3.63) is 79.6 Å². The Morgan fingerprint density at radius 2 is 0.641 bits per heavy atom.